The van der Waals surface area contributed by atoms with E-state index < -0.39 is 0 Å². The maximum Gasteiger partial charge on any atom is 0.180 e. The SMILES string of the molecule is CC(C)c1c(CC(C)(C)N)cc(Cl)c2c1OCCO2. The second-order valence-corrected chi connectivity index (χ2v) is 6.51. The van der Waals surface area contributed by atoms with E-state index in [1.165, 1.54) is 0 Å². The van der Waals surface area contributed by atoms with Crippen molar-refractivity contribution in [1.82, 2.24) is 0 Å². The van der Waals surface area contributed by atoms with E-state index in [9.17, 15) is 0 Å². The summed E-state index contributed by atoms with van der Waals surface area (Å²) in [5.41, 5.74) is 8.18. The second-order valence-electron chi connectivity index (χ2n) is 6.11. The number of fused-ring (bicyclic) bond motifs is 1. The fraction of sp³-hybridized carbons (Fsp3) is 0.600. The minimum absolute atomic E-state index is 0.281. The summed E-state index contributed by atoms with van der Waals surface area (Å²) in [6.45, 7) is 9.44. The molecule has 0 saturated carbocycles. The van der Waals surface area contributed by atoms with Crippen LogP contribution >= 0.6 is 11.6 Å². The third kappa shape index (κ3) is 3.15. The van der Waals surface area contributed by atoms with Gasteiger partial charge in [-0.2, -0.15) is 0 Å². The van der Waals surface area contributed by atoms with Crippen LogP contribution in [-0.2, 0) is 6.42 Å². The van der Waals surface area contributed by atoms with Crippen molar-refractivity contribution in [2.75, 3.05) is 13.2 Å². The zero-order chi connectivity index (χ0) is 14.2. The van der Waals surface area contributed by atoms with E-state index in [0.717, 1.165) is 23.3 Å². The topological polar surface area (TPSA) is 44.5 Å². The molecule has 1 aromatic rings. The summed E-state index contributed by atoms with van der Waals surface area (Å²) < 4.78 is 11.4. The number of hydrogen-bond donors (Lipinski definition) is 1. The van der Waals surface area contributed by atoms with Crippen molar-refractivity contribution in [2.45, 2.75) is 45.6 Å². The van der Waals surface area contributed by atoms with Crippen LogP contribution < -0.4 is 15.2 Å². The van der Waals surface area contributed by atoms with Crippen LogP contribution in [0.1, 0.15) is 44.7 Å². The van der Waals surface area contributed by atoms with Gasteiger partial charge >= 0.3 is 0 Å². The summed E-state index contributed by atoms with van der Waals surface area (Å²) in [7, 11) is 0. The zero-order valence-corrected chi connectivity index (χ0v) is 12.8. The Morgan fingerprint density at radius 2 is 1.84 bits per heavy atom. The predicted octanol–water partition coefficient (Wildman–Crippen LogP) is 3.51. The third-order valence-corrected chi connectivity index (χ3v) is 3.39. The molecule has 1 aliphatic heterocycles. The highest BCUT2D eigenvalue weighted by molar-refractivity contribution is 6.32. The molecule has 1 aromatic carbocycles. The lowest BCUT2D eigenvalue weighted by atomic mass is 9.87. The smallest absolute Gasteiger partial charge is 0.180 e. The van der Waals surface area contributed by atoms with Crippen LogP contribution in [-0.4, -0.2) is 18.8 Å². The number of ether oxygens (including phenoxy) is 2. The standard InChI is InChI=1S/C15H22ClNO2/c1-9(2)12-10(8-15(3,4)17)7-11(16)13-14(12)19-6-5-18-13/h7,9H,5-6,8,17H2,1-4H3. The van der Waals surface area contributed by atoms with Gasteiger partial charge in [0, 0.05) is 11.1 Å². The molecule has 0 fully saturated rings. The predicted molar refractivity (Wildman–Crippen MR) is 78.5 cm³/mol. The lowest BCUT2D eigenvalue weighted by Crippen LogP contribution is -2.35. The molecule has 0 unspecified atom stereocenters. The fourth-order valence-corrected chi connectivity index (χ4v) is 2.78. The Morgan fingerprint density at radius 1 is 1.26 bits per heavy atom. The Bertz CT molecular complexity index is 478. The molecule has 1 aliphatic rings. The minimum Gasteiger partial charge on any atom is -0.486 e. The molecular weight excluding hydrogens is 262 g/mol. The van der Waals surface area contributed by atoms with E-state index in [4.69, 9.17) is 26.8 Å². The number of nitrogens with two attached hydrogens (primary N) is 1. The first-order valence-electron chi connectivity index (χ1n) is 6.69. The number of benzene rings is 1. The largest absolute Gasteiger partial charge is 0.486 e. The Morgan fingerprint density at radius 3 is 2.37 bits per heavy atom. The number of hydrogen-bond acceptors (Lipinski definition) is 3. The van der Waals surface area contributed by atoms with Crippen molar-refractivity contribution in [1.29, 1.82) is 0 Å². The first-order chi connectivity index (χ1) is 8.79. The van der Waals surface area contributed by atoms with E-state index >= 15 is 0 Å². The van der Waals surface area contributed by atoms with E-state index in [1.807, 2.05) is 19.9 Å². The molecule has 0 saturated heterocycles. The van der Waals surface area contributed by atoms with Gasteiger partial charge in [-0.3, -0.25) is 0 Å². The third-order valence-electron chi connectivity index (χ3n) is 3.11. The van der Waals surface area contributed by atoms with Gasteiger partial charge in [0.2, 0.25) is 0 Å². The van der Waals surface area contributed by atoms with Gasteiger partial charge < -0.3 is 15.2 Å². The van der Waals surface area contributed by atoms with Crippen LogP contribution in [0.25, 0.3) is 0 Å². The average molecular weight is 284 g/mol. The van der Waals surface area contributed by atoms with Crippen molar-refractivity contribution in [3.8, 4) is 11.5 Å². The summed E-state index contributed by atoms with van der Waals surface area (Å²) in [5.74, 6) is 1.81. The van der Waals surface area contributed by atoms with E-state index in [-0.39, 0.29) is 5.54 Å². The summed E-state index contributed by atoms with van der Waals surface area (Å²) in [6, 6.07) is 1.97. The molecule has 0 amide bonds. The molecular formula is C15H22ClNO2. The van der Waals surface area contributed by atoms with Gasteiger partial charge in [-0.15, -0.1) is 0 Å². The van der Waals surface area contributed by atoms with Crippen molar-refractivity contribution in [2.24, 2.45) is 5.73 Å². The van der Waals surface area contributed by atoms with Gasteiger partial charge in [0.1, 0.15) is 13.2 Å². The minimum atomic E-state index is -0.281. The molecule has 0 atom stereocenters. The summed E-state index contributed by atoms with van der Waals surface area (Å²) in [4.78, 5) is 0. The quantitative estimate of drug-likeness (QED) is 0.923. The van der Waals surface area contributed by atoms with Crippen LogP contribution in [0.5, 0.6) is 11.5 Å². The monoisotopic (exact) mass is 283 g/mol. The number of rotatable bonds is 3. The summed E-state index contributed by atoms with van der Waals surface area (Å²) >= 11 is 6.31. The van der Waals surface area contributed by atoms with Gasteiger partial charge in [0.15, 0.2) is 11.5 Å². The first-order valence-corrected chi connectivity index (χ1v) is 7.07. The Kier molecular flexibility index (Phi) is 3.98. The molecule has 4 heteroatoms. The fourth-order valence-electron chi connectivity index (χ4n) is 2.51. The lowest BCUT2D eigenvalue weighted by Gasteiger charge is -2.28. The first kappa shape index (κ1) is 14.5. The highest BCUT2D eigenvalue weighted by Gasteiger charge is 2.26. The van der Waals surface area contributed by atoms with Crippen LogP contribution in [0.3, 0.4) is 0 Å². The zero-order valence-electron chi connectivity index (χ0n) is 12.0. The van der Waals surface area contributed by atoms with Crippen molar-refractivity contribution in [3.05, 3.63) is 22.2 Å². The van der Waals surface area contributed by atoms with Crippen LogP contribution in [0.4, 0.5) is 0 Å². The molecule has 19 heavy (non-hydrogen) atoms. The van der Waals surface area contributed by atoms with Crippen LogP contribution in [0, 0.1) is 0 Å². The molecule has 0 spiro atoms. The molecule has 2 rings (SSSR count). The molecule has 106 valence electrons. The Hall–Kier alpha value is -0.930. The molecule has 0 aromatic heterocycles. The van der Waals surface area contributed by atoms with E-state index in [0.29, 0.717) is 29.9 Å². The summed E-state index contributed by atoms with van der Waals surface area (Å²) in [6.07, 6.45) is 0.761. The number of halogens is 1. The molecule has 0 aliphatic carbocycles. The summed E-state index contributed by atoms with van der Waals surface area (Å²) in [5, 5.41) is 0.610. The molecule has 3 nitrogen and oxygen atoms in total. The van der Waals surface area contributed by atoms with Crippen molar-refractivity contribution >= 4 is 11.6 Å². The molecule has 0 radical (unpaired) electrons. The molecule has 2 N–H and O–H groups in total. The highest BCUT2D eigenvalue weighted by Crippen LogP contribution is 2.45. The van der Waals surface area contributed by atoms with Gasteiger partial charge in [0.25, 0.3) is 0 Å². The van der Waals surface area contributed by atoms with Gasteiger partial charge in [-0.25, -0.2) is 0 Å². The van der Waals surface area contributed by atoms with Crippen molar-refractivity contribution in [3.63, 3.8) is 0 Å². The normalized spacial score (nSPS) is 14.9. The average Bonchev–Trinajstić information content (AvgIpc) is 2.26. The lowest BCUT2D eigenvalue weighted by molar-refractivity contribution is 0.169. The maximum absolute atomic E-state index is 6.31. The van der Waals surface area contributed by atoms with Crippen molar-refractivity contribution < 1.29 is 9.47 Å². The van der Waals surface area contributed by atoms with Gasteiger partial charge in [0.05, 0.1) is 5.02 Å². The van der Waals surface area contributed by atoms with Gasteiger partial charge in [-0.1, -0.05) is 25.4 Å². The Balaban J connectivity index is 2.57. The highest BCUT2D eigenvalue weighted by atomic mass is 35.5. The Labute approximate surface area is 120 Å². The van der Waals surface area contributed by atoms with Gasteiger partial charge in [-0.05, 0) is 37.8 Å². The van der Waals surface area contributed by atoms with Crippen LogP contribution in [0.15, 0.2) is 6.07 Å². The van der Waals surface area contributed by atoms with Crippen LogP contribution in [0.2, 0.25) is 5.02 Å². The van der Waals surface area contributed by atoms with E-state index in [1.54, 1.807) is 0 Å². The molecule has 1 heterocycles. The second kappa shape index (κ2) is 5.22. The maximum atomic E-state index is 6.31. The molecule has 0 bridgehead atoms. The van der Waals surface area contributed by atoms with E-state index in [2.05, 4.69) is 13.8 Å².